The number of carbonyl (C=O) groups excluding carboxylic acids is 2. The third-order valence-corrected chi connectivity index (χ3v) is 5.99. The lowest BCUT2D eigenvalue weighted by atomic mass is 9.63. The zero-order valence-corrected chi connectivity index (χ0v) is 12.3. The van der Waals surface area contributed by atoms with E-state index in [-0.39, 0.29) is 35.5 Å². The second-order valence-electron chi connectivity index (χ2n) is 6.86. The van der Waals surface area contributed by atoms with Crippen molar-refractivity contribution in [1.82, 2.24) is 0 Å². The van der Waals surface area contributed by atoms with Gasteiger partial charge in [0.1, 0.15) is 5.75 Å². The first-order chi connectivity index (χ1) is 10.7. The minimum absolute atomic E-state index is 0.00938. The summed E-state index contributed by atoms with van der Waals surface area (Å²) in [5, 5.41) is 0. The van der Waals surface area contributed by atoms with Gasteiger partial charge >= 0.3 is 0 Å². The molecule has 1 saturated heterocycles. The maximum Gasteiger partial charge on any atom is 0.238 e. The molecule has 6 rings (SSSR count). The lowest BCUT2D eigenvalue weighted by Crippen LogP contribution is -2.40. The Kier molecular flexibility index (Phi) is 2.26. The van der Waals surface area contributed by atoms with Gasteiger partial charge in [0.25, 0.3) is 0 Å². The average molecular weight is 295 g/mol. The van der Waals surface area contributed by atoms with E-state index in [2.05, 4.69) is 12.2 Å². The number of allylic oxidation sites excluding steroid dienone is 2. The molecule has 1 heterocycles. The third-order valence-electron chi connectivity index (χ3n) is 5.99. The molecule has 4 aliphatic carbocycles. The lowest BCUT2D eigenvalue weighted by molar-refractivity contribution is -0.124. The molecule has 2 bridgehead atoms. The number of hydrogen-bond donors (Lipinski definition) is 0. The van der Waals surface area contributed by atoms with Crippen LogP contribution in [-0.4, -0.2) is 18.9 Å². The molecule has 0 aromatic heterocycles. The van der Waals surface area contributed by atoms with Gasteiger partial charge in [-0.25, -0.2) is 0 Å². The van der Waals surface area contributed by atoms with E-state index < -0.39 is 0 Å². The molecule has 2 saturated carbocycles. The minimum Gasteiger partial charge on any atom is -0.497 e. The van der Waals surface area contributed by atoms with Gasteiger partial charge in [0.05, 0.1) is 24.6 Å². The number of rotatable bonds is 2. The molecular formula is C18H17NO3. The van der Waals surface area contributed by atoms with Gasteiger partial charge in [0.2, 0.25) is 11.8 Å². The SMILES string of the molecule is COc1ccc(N2C(=O)[C@@H]3[C@H]4C=C[C@H]([C@@H]5C[C@@H]45)[C@@H]3C2=O)cc1. The molecule has 1 aliphatic heterocycles. The van der Waals surface area contributed by atoms with Crippen molar-refractivity contribution >= 4 is 17.5 Å². The molecule has 112 valence electrons. The topological polar surface area (TPSA) is 46.6 Å². The monoisotopic (exact) mass is 295 g/mol. The summed E-state index contributed by atoms with van der Waals surface area (Å²) in [4.78, 5) is 27.2. The van der Waals surface area contributed by atoms with Crippen LogP contribution in [0.2, 0.25) is 0 Å². The highest BCUT2D eigenvalue weighted by atomic mass is 16.5. The maximum absolute atomic E-state index is 12.9. The molecule has 3 fully saturated rings. The standard InChI is InChI=1S/C18H17NO3/c1-22-10-4-2-9(3-5-10)19-17(20)15-11-6-7-12(14-8-13(11)14)16(15)18(19)21/h2-7,11-16H,8H2,1H3/t11-,12+,13-,14-,15+,16-/m0/s1. The summed E-state index contributed by atoms with van der Waals surface area (Å²) in [6.07, 6.45) is 5.59. The normalized spacial score (nSPS) is 40.7. The van der Waals surface area contributed by atoms with Crippen LogP contribution in [0, 0.1) is 35.5 Å². The second-order valence-corrected chi connectivity index (χ2v) is 6.86. The third kappa shape index (κ3) is 1.38. The quantitative estimate of drug-likeness (QED) is 0.621. The van der Waals surface area contributed by atoms with Crippen molar-refractivity contribution in [3.05, 3.63) is 36.4 Å². The fraction of sp³-hybridized carbons (Fsp3) is 0.444. The number of ether oxygens (including phenoxy) is 1. The largest absolute Gasteiger partial charge is 0.497 e. The van der Waals surface area contributed by atoms with Crippen LogP contribution in [0.1, 0.15) is 6.42 Å². The van der Waals surface area contributed by atoms with E-state index in [0.717, 1.165) is 5.75 Å². The highest BCUT2D eigenvalue weighted by Gasteiger charge is 2.67. The molecule has 0 unspecified atom stereocenters. The van der Waals surface area contributed by atoms with Crippen LogP contribution in [0.25, 0.3) is 0 Å². The minimum atomic E-state index is -0.131. The Bertz CT molecular complexity index is 672. The summed E-state index contributed by atoms with van der Waals surface area (Å²) in [6, 6.07) is 7.18. The Morgan fingerprint density at radius 2 is 1.50 bits per heavy atom. The van der Waals surface area contributed by atoms with Crippen molar-refractivity contribution in [2.75, 3.05) is 12.0 Å². The van der Waals surface area contributed by atoms with Crippen LogP contribution in [0.3, 0.4) is 0 Å². The van der Waals surface area contributed by atoms with E-state index in [1.165, 1.54) is 11.3 Å². The average Bonchev–Trinajstić information content (AvgIpc) is 3.32. The number of amides is 2. The van der Waals surface area contributed by atoms with Crippen molar-refractivity contribution in [1.29, 1.82) is 0 Å². The fourth-order valence-electron chi connectivity index (χ4n) is 4.94. The zero-order chi connectivity index (χ0) is 15.0. The van der Waals surface area contributed by atoms with Crippen molar-refractivity contribution < 1.29 is 14.3 Å². The van der Waals surface area contributed by atoms with E-state index in [1.54, 1.807) is 31.4 Å². The number of hydrogen-bond acceptors (Lipinski definition) is 3. The number of benzene rings is 1. The van der Waals surface area contributed by atoms with Crippen molar-refractivity contribution in [2.24, 2.45) is 35.5 Å². The first-order valence-corrected chi connectivity index (χ1v) is 7.91. The zero-order valence-electron chi connectivity index (χ0n) is 12.3. The molecule has 4 nitrogen and oxygen atoms in total. The second kappa shape index (κ2) is 4.00. The van der Waals surface area contributed by atoms with Crippen molar-refractivity contribution in [2.45, 2.75) is 6.42 Å². The van der Waals surface area contributed by atoms with Gasteiger partial charge in [-0.3, -0.25) is 14.5 Å². The predicted molar refractivity (Wildman–Crippen MR) is 80.2 cm³/mol. The van der Waals surface area contributed by atoms with Gasteiger partial charge in [0.15, 0.2) is 0 Å². The molecule has 4 heteroatoms. The molecule has 2 amide bonds. The highest BCUT2D eigenvalue weighted by Crippen LogP contribution is 2.65. The van der Waals surface area contributed by atoms with Crippen LogP contribution in [0.4, 0.5) is 5.69 Å². The Labute approximate surface area is 128 Å². The van der Waals surface area contributed by atoms with E-state index in [1.807, 2.05) is 0 Å². The van der Waals surface area contributed by atoms with Crippen LogP contribution in [0.15, 0.2) is 36.4 Å². The van der Waals surface area contributed by atoms with E-state index in [9.17, 15) is 9.59 Å². The van der Waals surface area contributed by atoms with E-state index in [4.69, 9.17) is 4.74 Å². The summed E-state index contributed by atoms with van der Waals surface area (Å²) in [5.74, 6) is 2.28. The number of methoxy groups -OCH3 is 1. The molecule has 22 heavy (non-hydrogen) atoms. The summed E-state index contributed by atoms with van der Waals surface area (Å²) in [7, 11) is 1.60. The van der Waals surface area contributed by atoms with Gasteiger partial charge in [-0.15, -0.1) is 0 Å². The van der Waals surface area contributed by atoms with Crippen LogP contribution >= 0.6 is 0 Å². The van der Waals surface area contributed by atoms with Crippen LogP contribution < -0.4 is 9.64 Å². The summed E-state index contributed by atoms with van der Waals surface area (Å²) >= 11 is 0. The first-order valence-electron chi connectivity index (χ1n) is 7.91. The van der Waals surface area contributed by atoms with Crippen molar-refractivity contribution in [3.63, 3.8) is 0 Å². The van der Waals surface area contributed by atoms with E-state index in [0.29, 0.717) is 17.5 Å². The molecular weight excluding hydrogens is 278 g/mol. The fourth-order valence-corrected chi connectivity index (χ4v) is 4.94. The predicted octanol–water partition coefficient (Wildman–Crippen LogP) is 2.25. The smallest absolute Gasteiger partial charge is 0.238 e. The summed E-state index contributed by atoms with van der Waals surface area (Å²) < 4.78 is 5.15. The summed E-state index contributed by atoms with van der Waals surface area (Å²) in [6.45, 7) is 0. The highest BCUT2D eigenvalue weighted by molar-refractivity contribution is 6.22. The number of nitrogens with zero attached hydrogens (tertiary/aromatic N) is 1. The molecule has 1 aromatic rings. The van der Waals surface area contributed by atoms with Gasteiger partial charge in [-0.05, 0) is 54.4 Å². The molecule has 0 radical (unpaired) electrons. The number of carbonyl (C=O) groups is 2. The van der Waals surface area contributed by atoms with Gasteiger partial charge < -0.3 is 4.74 Å². The van der Waals surface area contributed by atoms with Crippen LogP contribution in [0.5, 0.6) is 5.75 Å². The Morgan fingerprint density at radius 1 is 0.955 bits per heavy atom. The Morgan fingerprint density at radius 3 is 2.00 bits per heavy atom. The molecule has 0 N–H and O–H groups in total. The van der Waals surface area contributed by atoms with E-state index >= 15 is 0 Å². The summed E-state index contributed by atoms with van der Waals surface area (Å²) in [5.41, 5.74) is 0.665. The molecule has 1 aromatic carbocycles. The number of imide groups is 1. The molecule has 6 atom stereocenters. The molecule has 0 spiro atoms. The van der Waals surface area contributed by atoms with Crippen molar-refractivity contribution in [3.8, 4) is 5.75 Å². The Balaban J connectivity index is 1.54. The maximum atomic E-state index is 12.9. The van der Waals surface area contributed by atoms with Gasteiger partial charge in [-0.2, -0.15) is 0 Å². The number of anilines is 1. The van der Waals surface area contributed by atoms with Crippen LogP contribution in [-0.2, 0) is 9.59 Å². The van der Waals surface area contributed by atoms with Gasteiger partial charge in [-0.1, -0.05) is 12.2 Å². The van der Waals surface area contributed by atoms with Gasteiger partial charge in [0, 0.05) is 0 Å². The first kappa shape index (κ1) is 12.4. The lowest BCUT2D eigenvalue weighted by Gasteiger charge is -2.37. The Hall–Kier alpha value is -2.10. The molecule has 5 aliphatic rings.